The molecular weight excluding hydrogens is 432 g/mol. The first-order chi connectivity index (χ1) is 15.2. The van der Waals surface area contributed by atoms with Gasteiger partial charge >= 0.3 is 5.97 Å². The maximum atomic E-state index is 12.7. The summed E-state index contributed by atoms with van der Waals surface area (Å²) in [7, 11) is 3.45. The van der Waals surface area contributed by atoms with Gasteiger partial charge in [-0.2, -0.15) is 0 Å². The van der Waals surface area contributed by atoms with Crippen molar-refractivity contribution in [2.45, 2.75) is 19.8 Å². The van der Waals surface area contributed by atoms with E-state index in [0.717, 1.165) is 16.5 Å². The Morgan fingerprint density at radius 2 is 1.97 bits per heavy atom. The van der Waals surface area contributed by atoms with Crippen molar-refractivity contribution in [2.75, 3.05) is 12.4 Å². The predicted octanol–water partition coefficient (Wildman–Crippen LogP) is 4.69. The number of benzene rings is 2. The minimum Gasteiger partial charge on any atom is -0.496 e. The lowest BCUT2D eigenvalue weighted by molar-refractivity contribution is -0.137. The van der Waals surface area contributed by atoms with Crippen LogP contribution in [0.5, 0.6) is 5.75 Å². The second kappa shape index (κ2) is 8.16. The largest absolute Gasteiger partial charge is 0.496 e. The molecule has 8 heteroatoms. The Morgan fingerprint density at radius 1 is 1.22 bits per heavy atom. The van der Waals surface area contributed by atoms with Gasteiger partial charge < -0.3 is 19.7 Å². The van der Waals surface area contributed by atoms with Gasteiger partial charge in [0.1, 0.15) is 10.9 Å². The van der Waals surface area contributed by atoms with E-state index >= 15 is 0 Å². The first-order valence-electron chi connectivity index (χ1n) is 9.96. The number of anilines is 1. The number of carbonyl (C=O) groups is 3. The molecule has 1 aliphatic rings. The second-order valence-corrected chi connectivity index (χ2v) is 8.05. The van der Waals surface area contributed by atoms with Crippen LogP contribution >= 0.6 is 11.6 Å². The Balaban J connectivity index is 1.83. The second-order valence-electron chi connectivity index (χ2n) is 7.69. The molecule has 2 N–H and O–H groups in total. The lowest BCUT2D eigenvalue weighted by Gasteiger charge is -2.06. The monoisotopic (exact) mass is 452 g/mol. The predicted molar refractivity (Wildman–Crippen MR) is 123 cm³/mol. The highest BCUT2D eigenvalue weighted by molar-refractivity contribution is 6.38. The number of aliphatic carboxylic acids is 1. The molecule has 0 bridgehead atoms. The molecule has 0 saturated heterocycles. The van der Waals surface area contributed by atoms with Gasteiger partial charge in [-0.05, 0) is 48.9 Å². The highest BCUT2D eigenvalue weighted by Crippen LogP contribution is 2.39. The highest BCUT2D eigenvalue weighted by atomic mass is 35.5. The summed E-state index contributed by atoms with van der Waals surface area (Å²) in [4.78, 5) is 35.9. The van der Waals surface area contributed by atoms with E-state index in [1.54, 1.807) is 31.4 Å². The van der Waals surface area contributed by atoms with Crippen LogP contribution in [-0.2, 0) is 16.6 Å². The van der Waals surface area contributed by atoms with Crippen LogP contribution in [0.15, 0.2) is 30.3 Å². The fraction of sp³-hybridized carbons (Fsp3) is 0.208. The molecule has 3 aromatic rings. The van der Waals surface area contributed by atoms with Crippen LogP contribution in [0.3, 0.4) is 0 Å². The molecule has 32 heavy (non-hydrogen) atoms. The number of amides is 1. The Labute approximate surface area is 189 Å². The average Bonchev–Trinajstić information content (AvgIpc) is 3.19. The zero-order chi connectivity index (χ0) is 23.2. The van der Waals surface area contributed by atoms with Crippen LogP contribution < -0.4 is 10.1 Å². The van der Waals surface area contributed by atoms with Gasteiger partial charge in [0.25, 0.3) is 5.91 Å². The van der Waals surface area contributed by atoms with E-state index in [4.69, 9.17) is 21.4 Å². The van der Waals surface area contributed by atoms with E-state index in [2.05, 4.69) is 5.32 Å². The zero-order valence-corrected chi connectivity index (χ0v) is 18.5. The summed E-state index contributed by atoms with van der Waals surface area (Å²) in [5.41, 5.74) is 4.42. The number of hydrogen-bond acceptors (Lipinski definition) is 4. The summed E-state index contributed by atoms with van der Waals surface area (Å²) in [6.07, 6.45) is 1.36. The van der Waals surface area contributed by atoms with Gasteiger partial charge in [0.05, 0.1) is 19.0 Å². The van der Waals surface area contributed by atoms with E-state index in [0.29, 0.717) is 38.9 Å². The van der Waals surface area contributed by atoms with Crippen LogP contribution in [0.4, 0.5) is 5.69 Å². The fourth-order valence-corrected chi connectivity index (χ4v) is 4.18. The number of halogens is 1. The number of aromatic nitrogens is 1. The number of rotatable bonds is 6. The molecule has 0 fully saturated rings. The van der Waals surface area contributed by atoms with Crippen molar-refractivity contribution < 1.29 is 24.2 Å². The third-order valence-corrected chi connectivity index (χ3v) is 6.12. The van der Waals surface area contributed by atoms with Crippen molar-refractivity contribution >= 4 is 57.5 Å². The van der Waals surface area contributed by atoms with Gasteiger partial charge in [0.2, 0.25) is 0 Å². The number of carboxylic acids is 1. The standard InChI is InChI=1S/C24H21ClN2O5/c1-12-8-19-15(11-21(12)32-3)16(23(25)27(19)2)10-17-14-9-13(20(28)6-7-22(29)30)4-5-18(14)26-24(17)31/h4-5,8-11H,6-7H2,1-3H3,(H,26,31)(H,29,30)/b17-10+. The Hall–Kier alpha value is -3.58. The van der Waals surface area contributed by atoms with Crippen LogP contribution in [0.1, 0.15) is 39.9 Å². The fourth-order valence-electron chi connectivity index (χ4n) is 3.93. The number of hydrogen-bond donors (Lipinski definition) is 2. The van der Waals surface area contributed by atoms with Crippen LogP contribution in [0, 0.1) is 6.92 Å². The lowest BCUT2D eigenvalue weighted by Crippen LogP contribution is -2.04. The molecular formula is C24H21ClN2O5. The number of carbonyl (C=O) groups excluding carboxylic acids is 2. The van der Waals surface area contributed by atoms with Crippen molar-refractivity contribution in [1.29, 1.82) is 0 Å². The minimum atomic E-state index is -1.03. The molecule has 1 aromatic heterocycles. The number of fused-ring (bicyclic) bond motifs is 2. The van der Waals surface area contributed by atoms with Crippen molar-refractivity contribution in [1.82, 2.24) is 4.57 Å². The molecule has 0 aliphatic carbocycles. The number of nitrogens with one attached hydrogen (secondary N) is 1. The van der Waals surface area contributed by atoms with Crippen molar-refractivity contribution in [3.8, 4) is 5.75 Å². The number of nitrogens with zero attached hydrogens (tertiary/aromatic N) is 1. The first kappa shape index (κ1) is 21.6. The van der Waals surface area contributed by atoms with Gasteiger partial charge in [0.15, 0.2) is 5.78 Å². The number of aryl methyl sites for hydroxylation is 2. The maximum absolute atomic E-state index is 12.7. The normalized spacial score (nSPS) is 14.0. The lowest BCUT2D eigenvalue weighted by atomic mass is 9.98. The molecule has 7 nitrogen and oxygen atoms in total. The number of Topliss-reactive ketones (excluding diaryl/α,β-unsaturated/α-hetero) is 1. The summed E-state index contributed by atoms with van der Waals surface area (Å²) in [5, 5.41) is 12.9. The van der Waals surface area contributed by atoms with Gasteiger partial charge in [-0.25, -0.2) is 0 Å². The van der Waals surface area contributed by atoms with Crippen LogP contribution in [0.2, 0.25) is 5.15 Å². The summed E-state index contributed by atoms with van der Waals surface area (Å²) < 4.78 is 7.30. The molecule has 0 saturated carbocycles. The van der Waals surface area contributed by atoms with Gasteiger partial charge in [-0.3, -0.25) is 14.4 Å². The summed E-state index contributed by atoms with van der Waals surface area (Å²) >= 11 is 6.63. The van der Waals surface area contributed by atoms with Gasteiger partial charge in [-0.1, -0.05) is 11.6 Å². The van der Waals surface area contributed by atoms with Crippen LogP contribution in [0.25, 0.3) is 22.6 Å². The van der Waals surface area contributed by atoms with Gasteiger partial charge in [0, 0.05) is 46.8 Å². The molecule has 0 unspecified atom stereocenters. The topological polar surface area (TPSA) is 97.6 Å². The molecule has 0 radical (unpaired) electrons. The third-order valence-electron chi connectivity index (χ3n) is 5.66. The van der Waals surface area contributed by atoms with E-state index in [-0.39, 0.29) is 24.5 Å². The van der Waals surface area contributed by atoms with E-state index in [1.807, 2.05) is 30.7 Å². The molecule has 2 heterocycles. The minimum absolute atomic E-state index is 0.108. The molecule has 164 valence electrons. The van der Waals surface area contributed by atoms with E-state index in [1.165, 1.54) is 0 Å². The maximum Gasteiger partial charge on any atom is 0.303 e. The molecule has 0 atom stereocenters. The molecule has 0 spiro atoms. The van der Waals surface area contributed by atoms with E-state index in [9.17, 15) is 14.4 Å². The first-order valence-corrected chi connectivity index (χ1v) is 10.3. The summed E-state index contributed by atoms with van der Waals surface area (Å²) in [5.74, 6) is -0.921. The molecule has 1 amide bonds. The van der Waals surface area contributed by atoms with Crippen molar-refractivity contribution in [2.24, 2.45) is 7.05 Å². The number of ether oxygens (including phenoxy) is 1. The average molecular weight is 453 g/mol. The summed E-state index contributed by atoms with van der Waals surface area (Å²) in [6, 6.07) is 8.73. The smallest absolute Gasteiger partial charge is 0.303 e. The Kier molecular flexibility index (Phi) is 5.52. The van der Waals surface area contributed by atoms with Crippen molar-refractivity contribution in [3.05, 3.63) is 57.7 Å². The molecule has 2 aromatic carbocycles. The molecule has 4 rings (SSSR count). The number of ketones is 1. The number of methoxy groups -OCH3 is 1. The number of carboxylic acid groups (broad SMARTS) is 1. The quantitative estimate of drug-likeness (QED) is 0.417. The third kappa shape index (κ3) is 3.65. The van der Waals surface area contributed by atoms with Crippen molar-refractivity contribution in [3.63, 3.8) is 0 Å². The Morgan fingerprint density at radius 3 is 2.66 bits per heavy atom. The van der Waals surface area contributed by atoms with Crippen LogP contribution in [-0.4, -0.2) is 34.4 Å². The zero-order valence-electron chi connectivity index (χ0n) is 17.8. The molecule has 1 aliphatic heterocycles. The van der Waals surface area contributed by atoms with E-state index < -0.39 is 5.97 Å². The Bertz CT molecular complexity index is 1340. The highest BCUT2D eigenvalue weighted by Gasteiger charge is 2.27. The van der Waals surface area contributed by atoms with Gasteiger partial charge in [-0.15, -0.1) is 0 Å². The summed E-state index contributed by atoms with van der Waals surface area (Å²) in [6.45, 7) is 1.95. The SMILES string of the molecule is COc1cc2c(/C=C3/C(=O)Nc4ccc(C(=O)CCC(=O)O)cc43)c(Cl)n(C)c2cc1C.